The molecule has 1 aliphatic carbocycles. The van der Waals surface area contributed by atoms with Crippen molar-refractivity contribution in [3.63, 3.8) is 0 Å². The second-order valence-corrected chi connectivity index (χ2v) is 6.30. The van der Waals surface area contributed by atoms with E-state index >= 15 is 0 Å². The first-order valence-corrected chi connectivity index (χ1v) is 7.54. The second kappa shape index (κ2) is 5.92. The monoisotopic (exact) mass is 263 g/mol. The molecule has 0 spiro atoms. The highest BCUT2D eigenvalue weighted by Gasteiger charge is 2.49. The van der Waals surface area contributed by atoms with Crippen molar-refractivity contribution in [2.75, 3.05) is 19.6 Å². The number of nitriles is 1. The molecule has 0 aromatic heterocycles. The zero-order chi connectivity index (χ0) is 13.9. The Hall–Kier alpha value is -1.08. The summed E-state index contributed by atoms with van der Waals surface area (Å²) >= 11 is 0. The van der Waals surface area contributed by atoms with Gasteiger partial charge in [-0.15, -0.1) is 0 Å². The Kier molecular flexibility index (Phi) is 4.46. The molecule has 2 fully saturated rings. The molecule has 0 bridgehead atoms. The second-order valence-electron chi connectivity index (χ2n) is 6.30. The van der Waals surface area contributed by atoms with E-state index in [0.717, 1.165) is 45.3 Å². The molecule has 4 heteroatoms. The molecule has 4 nitrogen and oxygen atoms in total. The number of likely N-dealkylation sites (tertiary alicyclic amines) is 1. The first kappa shape index (κ1) is 14.3. The minimum Gasteiger partial charge on any atom is -0.352 e. The summed E-state index contributed by atoms with van der Waals surface area (Å²) in [5, 5.41) is 12.4. The fraction of sp³-hybridized carbons (Fsp3) is 0.867. The van der Waals surface area contributed by atoms with Crippen LogP contribution >= 0.6 is 0 Å². The summed E-state index contributed by atoms with van der Waals surface area (Å²) in [4.78, 5) is 14.7. The molecule has 1 N–H and O–H groups in total. The molecular formula is C15H25N3O. The van der Waals surface area contributed by atoms with Gasteiger partial charge in [0.15, 0.2) is 0 Å². The maximum absolute atomic E-state index is 12.3. The van der Waals surface area contributed by atoms with E-state index in [1.165, 1.54) is 6.42 Å². The topological polar surface area (TPSA) is 56.1 Å². The van der Waals surface area contributed by atoms with E-state index in [9.17, 15) is 10.1 Å². The average Bonchev–Trinajstić information content (AvgIpc) is 2.37. The predicted molar refractivity (Wildman–Crippen MR) is 74.3 cm³/mol. The van der Waals surface area contributed by atoms with Gasteiger partial charge in [0.2, 0.25) is 5.91 Å². The summed E-state index contributed by atoms with van der Waals surface area (Å²) < 4.78 is 0. The minimum absolute atomic E-state index is 0.0259. The van der Waals surface area contributed by atoms with Gasteiger partial charge in [0.05, 0.1) is 6.07 Å². The number of carbonyl (C=O) groups is 1. The number of amides is 1. The molecule has 1 saturated carbocycles. The van der Waals surface area contributed by atoms with Crippen molar-refractivity contribution in [3.05, 3.63) is 0 Å². The Morgan fingerprint density at radius 1 is 1.42 bits per heavy atom. The number of hydrogen-bond acceptors (Lipinski definition) is 3. The van der Waals surface area contributed by atoms with Crippen LogP contribution < -0.4 is 5.32 Å². The van der Waals surface area contributed by atoms with Crippen molar-refractivity contribution in [2.24, 2.45) is 11.3 Å². The summed E-state index contributed by atoms with van der Waals surface area (Å²) in [7, 11) is 0. The molecular weight excluding hydrogens is 238 g/mol. The number of nitrogens with one attached hydrogen (secondary N) is 1. The van der Waals surface area contributed by atoms with Gasteiger partial charge in [-0.2, -0.15) is 5.26 Å². The number of hydrogen-bond donors (Lipinski definition) is 1. The summed E-state index contributed by atoms with van der Waals surface area (Å²) in [5.41, 5.74) is -0.722. The van der Waals surface area contributed by atoms with E-state index in [1.807, 2.05) is 0 Å². The van der Waals surface area contributed by atoms with Gasteiger partial charge in [0, 0.05) is 19.1 Å². The van der Waals surface area contributed by atoms with Crippen LogP contribution in [0.3, 0.4) is 0 Å². The molecule has 0 aromatic rings. The molecule has 0 aromatic carbocycles. The highest BCUT2D eigenvalue weighted by Crippen LogP contribution is 2.45. The molecule has 106 valence electrons. The number of piperidine rings is 1. The Morgan fingerprint density at radius 2 is 2.05 bits per heavy atom. The van der Waals surface area contributed by atoms with Gasteiger partial charge in [0.1, 0.15) is 5.41 Å². The van der Waals surface area contributed by atoms with E-state index < -0.39 is 5.41 Å². The highest BCUT2D eigenvalue weighted by atomic mass is 16.2. The average molecular weight is 263 g/mol. The maximum atomic E-state index is 12.3. The third kappa shape index (κ3) is 3.09. The van der Waals surface area contributed by atoms with Crippen LogP contribution in [0, 0.1) is 22.7 Å². The third-order valence-corrected chi connectivity index (χ3v) is 4.51. The van der Waals surface area contributed by atoms with E-state index in [1.54, 1.807) is 0 Å². The fourth-order valence-electron chi connectivity index (χ4n) is 3.40. The van der Waals surface area contributed by atoms with E-state index in [2.05, 4.69) is 30.1 Å². The SMILES string of the molecule is CCCN1CCC(NC(=O)C2(C#N)CC(C)C2)CC1. The lowest BCUT2D eigenvalue weighted by atomic mass is 9.63. The molecule has 0 unspecified atom stereocenters. The van der Waals surface area contributed by atoms with Gasteiger partial charge in [-0.25, -0.2) is 0 Å². The van der Waals surface area contributed by atoms with Crippen LogP contribution in [0.15, 0.2) is 0 Å². The van der Waals surface area contributed by atoms with Crippen LogP contribution in [0.4, 0.5) is 0 Å². The Balaban J connectivity index is 1.80. The largest absolute Gasteiger partial charge is 0.352 e. The van der Waals surface area contributed by atoms with Crippen LogP contribution in [0.2, 0.25) is 0 Å². The Morgan fingerprint density at radius 3 is 2.53 bits per heavy atom. The molecule has 19 heavy (non-hydrogen) atoms. The van der Waals surface area contributed by atoms with Gasteiger partial charge in [0.25, 0.3) is 0 Å². The summed E-state index contributed by atoms with van der Waals surface area (Å²) in [5.74, 6) is 0.485. The third-order valence-electron chi connectivity index (χ3n) is 4.51. The van der Waals surface area contributed by atoms with Crippen molar-refractivity contribution in [3.8, 4) is 6.07 Å². The van der Waals surface area contributed by atoms with Gasteiger partial charge in [-0.05, 0) is 44.6 Å². The molecule has 1 aliphatic heterocycles. The lowest BCUT2D eigenvalue weighted by molar-refractivity contribution is -0.135. The smallest absolute Gasteiger partial charge is 0.240 e. The lowest BCUT2D eigenvalue weighted by Crippen LogP contribution is -2.53. The molecule has 0 atom stereocenters. The zero-order valence-corrected chi connectivity index (χ0v) is 12.1. The Labute approximate surface area is 116 Å². The van der Waals surface area contributed by atoms with Crippen LogP contribution in [0.1, 0.15) is 46.0 Å². The van der Waals surface area contributed by atoms with Gasteiger partial charge >= 0.3 is 0 Å². The minimum atomic E-state index is -0.722. The van der Waals surface area contributed by atoms with Crippen LogP contribution in [0.5, 0.6) is 0 Å². The van der Waals surface area contributed by atoms with E-state index in [-0.39, 0.29) is 11.9 Å². The highest BCUT2D eigenvalue weighted by molar-refractivity contribution is 5.86. The zero-order valence-electron chi connectivity index (χ0n) is 12.1. The summed E-state index contributed by atoms with van der Waals surface area (Å²) in [6, 6.07) is 2.51. The number of nitrogens with zero attached hydrogens (tertiary/aromatic N) is 2. The molecule has 1 amide bonds. The standard InChI is InChI=1S/C15H25N3O/c1-3-6-18-7-4-13(5-8-18)17-14(19)15(11-16)9-12(2)10-15/h12-13H,3-10H2,1-2H3,(H,17,19). The quantitative estimate of drug-likeness (QED) is 0.843. The summed E-state index contributed by atoms with van der Waals surface area (Å²) in [6.07, 6.45) is 4.67. The van der Waals surface area contributed by atoms with Crippen molar-refractivity contribution in [1.29, 1.82) is 5.26 Å². The Bertz CT molecular complexity index is 360. The maximum Gasteiger partial charge on any atom is 0.240 e. The fourth-order valence-corrected chi connectivity index (χ4v) is 3.40. The van der Waals surface area contributed by atoms with Crippen molar-refractivity contribution < 1.29 is 4.79 Å². The van der Waals surface area contributed by atoms with Crippen LogP contribution in [0.25, 0.3) is 0 Å². The van der Waals surface area contributed by atoms with E-state index in [0.29, 0.717) is 5.92 Å². The first-order valence-electron chi connectivity index (χ1n) is 7.54. The molecule has 1 saturated heterocycles. The van der Waals surface area contributed by atoms with E-state index in [4.69, 9.17) is 0 Å². The normalized spacial score (nSPS) is 32.4. The lowest BCUT2D eigenvalue weighted by Gasteiger charge is -2.41. The van der Waals surface area contributed by atoms with Gasteiger partial charge in [-0.1, -0.05) is 13.8 Å². The number of carbonyl (C=O) groups excluding carboxylic acids is 1. The number of rotatable bonds is 4. The molecule has 1 heterocycles. The van der Waals surface area contributed by atoms with Crippen LogP contribution in [-0.2, 0) is 4.79 Å². The molecule has 2 aliphatic rings. The molecule has 0 radical (unpaired) electrons. The van der Waals surface area contributed by atoms with Crippen molar-refractivity contribution >= 4 is 5.91 Å². The summed E-state index contributed by atoms with van der Waals surface area (Å²) in [6.45, 7) is 7.58. The van der Waals surface area contributed by atoms with Gasteiger partial charge in [-0.3, -0.25) is 4.79 Å². The van der Waals surface area contributed by atoms with Crippen molar-refractivity contribution in [1.82, 2.24) is 10.2 Å². The van der Waals surface area contributed by atoms with Gasteiger partial charge < -0.3 is 10.2 Å². The predicted octanol–water partition coefficient (Wildman–Crippen LogP) is 1.92. The molecule has 2 rings (SSSR count). The first-order chi connectivity index (χ1) is 9.09. The van der Waals surface area contributed by atoms with Crippen LogP contribution in [-0.4, -0.2) is 36.5 Å². The van der Waals surface area contributed by atoms with Crippen molar-refractivity contribution in [2.45, 2.75) is 52.0 Å².